The summed E-state index contributed by atoms with van der Waals surface area (Å²) in [4.78, 5) is 37.4. The first kappa shape index (κ1) is 50.5. The van der Waals surface area contributed by atoms with E-state index < -0.39 is 26.5 Å². The van der Waals surface area contributed by atoms with Crippen LogP contribution in [0.1, 0.15) is 181 Å². The van der Waals surface area contributed by atoms with Crippen molar-refractivity contribution in [2.75, 3.05) is 47.5 Å². The van der Waals surface area contributed by atoms with E-state index in [1.54, 1.807) is 0 Å². The molecule has 0 heterocycles. The first-order valence-corrected chi connectivity index (χ1v) is 22.5. The van der Waals surface area contributed by atoms with Crippen molar-refractivity contribution in [3.05, 3.63) is 24.3 Å². The second kappa shape index (κ2) is 35.2. The van der Waals surface area contributed by atoms with E-state index >= 15 is 0 Å². The molecular formula is C42H80NO8P. The lowest BCUT2D eigenvalue weighted by molar-refractivity contribution is -0.870. The van der Waals surface area contributed by atoms with Crippen LogP contribution in [0.5, 0.6) is 0 Å². The largest absolute Gasteiger partial charge is 0.756 e. The molecule has 0 saturated heterocycles. The van der Waals surface area contributed by atoms with Crippen molar-refractivity contribution >= 4 is 19.8 Å². The minimum absolute atomic E-state index is 0.0327. The van der Waals surface area contributed by atoms with Crippen LogP contribution in [0.15, 0.2) is 24.3 Å². The molecule has 0 N–H and O–H groups in total. The first-order chi connectivity index (χ1) is 25.0. The molecule has 0 spiro atoms. The Bertz CT molecular complexity index is 949. The van der Waals surface area contributed by atoms with Crippen LogP contribution in [0.25, 0.3) is 0 Å². The van der Waals surface area contributed by atoms with Gasteiger partial charge in [0.15, 0.2) is 6.10 Å². The molecule has 0 amide bonds. The minimum atomic E-state index is -4.62. The number of carbonyl (C=O) groups is 2. The van der Waals surface area contributed by atoms with Crippen LogP contribution < -0.4 is 4.89 Å². The van der Waals surface area contributed by atoms with Crippen molar-refractivity contribution in [1.82, 2.24) is 0 Å². The molecule has 0 aromatic rings. The first-order valence-electron chi connectivity index (χ1n) is 21.0. The highest BCUT2D eigenvalue weighted by atomic mass is 31.2. The van der Waals surface area contributed by atoms with Crippen molar-refractivity contribution in [2.24, 2.45) is 0 Å². The number of rotatable bonds is 38. The SMILES string of the molecule is CCCC/C=C/CCCCCCCCCCCC(=O)OC[C@H](COP(=O)([O-])OCC[N+](C)(C)C)OC(=O)CCCCC/C=C/CCCCCCCC. The molecule has 1 unspecified atom stereocenters. The Morgan fingerprint density at radius 3 is 1.50 bits per heavy atom. The van der Waals surface area contributed by atoms with Crippen molar-refractivity contribution in [2.45, 2.75) is 187 Å². The van der Waals surface area contributed by atoms with Crippen LogP contribution in [0.3, 0.4) is 0 Å². The van der Waals surface area contributed by atoms with Crippen LogP contribution in [-0.4, -0.2) is 70.0 Å². The number of ether oxygens (including phenoxy) is 2. The van der Waals surface area contributed by atoms with Crippen LogP contribution in [0.2, 0.25) is 0 Å². The number of phosphoric acid groups is 1. The molecule has 9 nitrogen and oxygen atoms in total. The molecule has 0 saturated carbocycles. The molecule has 0 rings (SSSR count). The number of phosphoric ester groups is 1. The fraction of sp³-hybridized carbons (Fsp3) is 0.857. The van der Waals surface area contributed by atoms with Gasteiger partial charge in [-0.05, 0) is 57.8 Å². The smallest absolute Gasteiger partial charge is 0.306 e. The number of carbonyl (C=O) groups excluding carboxylic acids is 2. The van der Waals surface area contributed by atoms with Gasteiger partial charge >= 0.3 is 11.9 Å². The Hall–Kier alpha value is -1.51. The summed E-state index contributed by atoms with van der Waals surface area (Å²) in [5, 5.41) is 0. The van der Waals surface area contributed by atoms with Gasteiger partial charge in [0.25, 0.3) is 7.82 Å². The fourth-order valence-corrected chi connectivity index (χ4v) is 6.30. The zero-order valence-electron chi connectivity index (χ0n) is 34.3. The number of nitrogens with zero attached hydrogens (tertiary/aromatic N) is 1. The van der Waals surface area contributed by atoms with Crippen LogP contribution in [0, 0.1) is 0 Å². The molecule has 0 fully saturated rings. The van der Waals surface area contributed by atoms with Crippen molar-refractivity contribution < 1.29 is 42.1 Å². The van der Waals surface area contributed by atoms with E-state index in [2.05, 4.69) is 38.2 Å². The summed E-state index contributed by atoms with van der Waals surface area (Å²) in [7, 11) is 1.16. The van der Waals surface area contributed by atoms with Gasteiger partial charge < -0.3 is 27.9 Å². The van der Waals surface area contributed by atoms with Gasteiger partial charge in [0.1, 0.15) is 19.8 Å². The molecule has 0 aliphatic rings. The van der Waals surface area contributed by atoms with E-state index in [1.807, 2.05) is 21.1 Å². The van der Waals surface area contributed by atoms with E-state index in [-0.39, 0.29) is 32.0 Å². The maximum atomic E-state index is 12.6. The van der Waals surface area contributed by atoms with Crippen LogP contribution in [0.4, 0.5) is 0 Å². The molecule has 0 aromatic heterocycles. The average Bonchev–Trinajstić information content (AvgIpc) is 3.09. The van der Waals surface area contributed by atoms with Gasteiger partial charge in [0.2, 0.25) is 0 Å². The quantitative estimate of drug-likeness (QED) is 0.0201. The van der Waals surface area contributed by atoms with Gasteiger partial charge in [-0.25, -0.2) is 0 Å². The van der Waals surface area contributed by atoms with Gasteiger partial charge in [-0.1, -0.05) is 134 Å². The van der Waals surface area contributed by atoms with E-state index in [9.17, 15) is 19.0 Å². The standard InChI is InChI=1S/C42H80NO8P/c1-6-8-10-12-14-16-18-20-21-23-24-26-28-30-32-34-41(44)48-38-40(39-50-52(46,47)49-37-36-43(3,4)5)51-42(45)35-33-31-29-27-25-22-19-17-15-13-11-9-7-2/h12,14,22,25,40H,6-11,13,15-21,23-24,26-39H2,1-5H3/b14-12+,25-22+/t40-/m1/s1. The normalized spacial score (nSPS) is 13.9. The van der Waals surface area contributed by atoms with Gasteiger partial charge in [-0.3, -0.25) is 14.2 Å². The Morgan fingerprint density at radius 2 is 1.00 bits per heavy atom. The zero-order valence-corrected chi connectivity index (χ0v) is 35.2. The molecule has 0 aliphatic carbocycles. The molecular weight excluding hydrogens is 677 g/mol. The third-order valence-electron chi connectivity index (χ3n) is 8.94. The second-order valence-electron chi connectivity index (χ2n) is 15.3. The predicted octanol–water partition coefficient (Wildman–Crippen LogP) is 10.9. The summed E-state index contributed by atoms with van der Waals surface area (Å²) in [5.74, 6) is -0.854. The number of hydrogen-bond donors (Lipinski definition) is 0. The maximum absolute atomic E-state index is 12.6. The summed E-state index contributed by atoms with van der Waals surface area (Å²) in [6, 6.07) is 0. The van der Waals surface area contributed by atoms with E-state index in [4.69, 9.17) is 18.5 Å². The highest BCUT2D eigenvalue weighted by Crippen LogP contribution is 2.38. The lowest BCUT2D eigenvalue weighted by Crippen LogP contribution is -2.37. The minimum Gasteiger partial charge on any atom is -0.756 e. The molecule has 0 radical (unpaired) electrons. The third-order valence-corrected chi connectivity index (χ3v) is 9.91. The van der Waals surface area contributed by atoms with E-state index in [0.29, 0.717) is 17.4 Å². The van der Waals surface area contributed by atoms with Crippen LogP contribution in [-0.2, 0) is 32.7 Å². The summed E-state index contributed by atoms with van der Waals surface area (Å²) < 4.78 is 33.8. The van der Waals surface area contributed by atoms with Crippen LogP contribution >= 0.6 is 7.82 Å². The fourth-order valence-electron chi connectivity index (χ4n) is 5.57. The monoisotopic (exact) mass is 758 g/mol. The van der Waals surface area contributed by atoms with Gasteiger partial charge in [0.05, 0.1) is 27.7 Å². The number of unbranched alkanes of at least 4 members (excludes halogenated alkanes) is 20. The number of quaternary nitrogens is 1. The number of hydrogen-bond acceptors (Lipinski definition) is 8. The zero-order chi connectivity index (χ0) is 38.6. The highest BCUT2D eigenvalue weighted by molar-refractivity contribution is 7.45. The third kappa shape index (κ3) is 38.2. The average molecular weight is 758 g/mol. The van der Waals surface area contributed by atoms with Crippen molar-refractivity contribution in [3.8, 4) is 0 Å². The predicted molar refractivity (Wildman–Crippen MR) is 213 cm³/mol. The second-order valence-corrected chi connectivity index (χ2v) is 16.8. The topological polar surface area (TPSA) is 111 Å². The Balaban J connectivity index is 4.39. The van der Waals surface area contributed by atoms with Gasteiger partial charge in [-0.15, -0.1) is 0 Å². The highest BCUT2D eigenvalue weighted by Gasteiger charge is 2.21. The Kier molecular flexibility index (Phi) is 34.2. The summed E-state index contributed by atoms with van der Waals surface area (Å²) in [5.41, 5.74) is 0. The van der Waals surface area contributed by atoms with E-state index in [0.717, 1.165) is 44.9 Å². The summed E-state index contributed by atoms with van der Waals surface area (Å²) in [6.45, 7) is 4.17. The molecule has 52 heavy (non-hydrogen) atoms. The lowest BCUT2D eigenvalue weighted by atomic mass is 10.1. The molecule has 0 aromatic carbocycles. The molecule has 306 valence electrons. The van der Waals surface area contributed by atoms with Gasteiger partial charge in [-0.2, -0.15) is 0 Å². The molecule has 0 aliphatic heterocycles. The molecule has 0 bridgehead atoms. The van der Waals surface area contributed by atoms with Crippen molar-refractivity contribution in [1.29, 1.82) is 0 Å². The number of allylic oxidation sites excluding steroid dienone is 4. The molecule has 2 atom stereocenters. The summed E-state index contributed by atoms with van der Waals surface area (Å²) in [6.07, 6.45) is 36.3. The number of esters is 2. The lowest BCUT2D eigenvalue weighted by Gasteiger charge is -2.28. The maximum Gasteiger partial charge on any atom is 0.306 e. The Morgan fingerprint density at radius 1 is 0.577 bits per heavy atom. The van der Waals surface area contributed by atoms with Crippen molar-refractivity contribution in [3.63, 3.8) is 0 Å². The van der Waals surface area contributed by atoms with Gasteiger partial charge in [0, 0.05) is 12.8 Å². The molecule has 10 heteroatoms. The Labute approximate surface area is 319 Å². The van der Waals surface area contributed by atoms with E-state index in [1.165, 1.54) is 103 Å². The summed E-state index contributed by atoms with van der Waals surface area (Å²) >= 11 is 0. The number of likely N-dealkylation sites (N-methyl/N-ethyl adjacent to an activating group) is 1.